The molecule has 0 radical (unpaired) electrons. The van der Waals surface area contributed by atoms with Crippen LogP contribution in [0.5, 0.6) is 0 Å². The number of hydrogen-bond acceptors (Lipinski definition) is 6. The minimum atomic E-state index is -0.422. The van der Waals surface area contributed by atoms with Gasteiger partial charge in [-0.05, 0) is 49.2 Å². The van der Waals surface area contributed by atoms with E-state index in [4.69, 9.17) is 9.97 Å². The van der Waals surface area contributed by atoms with Crippen LogP contribution in [-0.4, -0.2) is 47.1 Å². The van der Waals surface area contributed by atoms with Crippen LogP contribution in [0.15, 0.2) is 36.4 Å². The van der Waals surface area contributed by atoms with Crippen molar-refractivity contribution in [3.05, 3.63) is 59.2 Å². The standard InChI is InChI=1S/C23H22F2N6/c24-17-2-5-19(25)16(12-17)14-30-7-9-31(10-8-30)23-22(27-18-3-4-18)28-20-6-1-15(13-26)11-21(20)29-23/h1-2,5-6,11-12,18H,3-4,7-10,14H2,(H,27,28). The summed E-state index contributed by atoms with van der Waals surface area (Å²) in [6.07, 6.45) is 2.25. The highest BCUT2D eigenvalue weighted by atomic mass is 19.1. The maximum atomic E-state index is 14.0. The molecule has 0 spiro atoms. The van der Waals surface area contributed by atoms with E-state index in [2.05, 4.69) is 21.2 Å². The number of nitrogens with zero attached hydrogens (tertiary/aromatic N) is 5. The number of halogens is 2. The van der Waals surface area contributed by atoms with Crippen LogP contribution in [0.25, 0.3) is 11.0 Å². The van der Waals surface area contributed by atoms with Crippen molar-refractivity contribution in [1.29, 1.82) is 5.26 Å². The zero-order valence-corrected chi connectivity index (χ0v) is 17.0. The third-order valence-electron chi connectivity index (χ3n) is 5.77. The van der Waals surface area contributed by atoms with E-state index in [0.29, 0.717) is 55.4 Å². The molecule has 6 nitrogen and oxygen atoms in total. The highest BCUT2D eigenvalue weighted by Crippen LogP contribution is 2.31. The van der Waals surface area contributed by atoms with E-state index in [-0.39, 0.29) is 5.82 Å². The minimum Gasteiger partial charge on any atom is -0.364 e. The summed E-state index contributed by atoms with van der Waals surface area (Å²) in [4.78, 5) is 13.9. The first kappa shape index (κ1) is 19.6. The molecule has 2 fully saturated rings. The van der Waals surface area contributed by atoms with Gasteiger partial charge in [0.05, 0.1) is 22.7 Å². The molecule has 158 valence electrons. The van der Waals surface area contributed by atoms with Crippen molar-refractivity contribution in [3.8, 4) is 6.07 Å². The Balaban J connectivity index is 1.36. The number of nitriles is 1. The average molecular weight is 420 g/mol. The van der Waals surface area contributed by atoms with Crippen molar-refractivity contribution < 1.29 is 8.78 Å². The predicted molar refractivity (Wildman–Crippen MR) is 115 cm³/mol. The first-order valence-corrected chi connectivity index (χ1v) is 10.5. The number of benzene rings is 2. The van der Waals surface area contributed by atoms with Crippen LogP contribution in [0.3, 0.4) is 0 Å². The van der Waals surface area contributed by atoms with Crippen molar-refractivity contribution in [2.24, 2.45) is 0 Å². The van der Waals surface area contributed by atoms with Gasteiger partial charge in [0.15, 0.2) is 11.6 Å². The first-order chi connectivity index (χ1) is 15.1. The molecule has 0 bridgehead atoms. The summed E-state index contributed by atoms with van der Waals surface area (Å²) in [5.41, 5.74) is 2.38. The summed E-state index contributed by atoms with van der Waals surface area (Å²) >= 11 is 0. The highest BCUT2D eigenvalue weighted by Gasteiger charge is 2.27. The van der Waals surface area contributed by atoms with Gasteiger partial charge in [0, 0.05) is 44.3 Å². The quantitative estimate of drug-likeness (QED) is 0.679. The van der Waals surface area contributed by atoms with E-state index in [1.807, 2.05) is 6.07 Å². The molecule has 1 saturated carbocycles. The molecule has 1 saturated heterocycles. The van der Waals surface area contributed by atoms with Gasteiger partial charge in [-0.3, -0.25) is 4.90 Å². The number of nitrogens with one attached hydrogen (secondary N) is 1. The predicted octanol–water partition coefficient (Wildman–Crippen LogP) is 3.68. The van der Waals surface area contributed by atoms with Crippen molar-refractivity contribution in [3.63, 3.8) is 0 Å². The van der Waals surface area contributed by atoms with E-state index < -0.39 is 5.82 Å². The topological polar surface area (TPSA) is 68.1 Å². The molecule has 2 aliphatic rings. The van der Waals surface area contributed by atoms with E-state index in [9.17, 15) is 14.0 Å². The number of anilines is 2. The van der Waals surface area contributed by atoms with Crippen molar-refractivity contribution in [2.45, 2.75) is 25.4 Å². The Labute approximate surface area is 179 Å². The smallest absolute Gasteiger partial charge is 0.172 e. The molecule has 8 heteroatoms. The SMILES string of the molecule is N#Cc1ccc2nc(NC3CC3)c(N3CCN(Cc4cc(F)ccc4F)CC3)nc2c1. The Morgan fingerprint density at radius 1 is 1.00 bits per heavy atom. The van der Waals surface area contributed by atoms with Gasteiger partial charge in [-0.25, -0.2) is 18.7 Å². The maximum Gasteiger partial charge on any atom is 0.172 e. The average Bonchev–Trinajstić information content (AvgIpc) is 3.60. The van der Waals surface area contributed by atoms with Crippen LogP contribution in [0.4, 0.5) is 20.4 Å². The Hall–Kier alpha value is -3.31. The molecule has 2 aromatic carbocycles. The molecular weight excluding hydrogens is 398 g/mol. The second-order valence-corrected chi connectivity index (χ2v) is 8.13. The molecule has 31 heavy (non-hydrogen) atoms. The van der Waals surface area contributed by atoms with Crippen LogP contribution in [0.1, 0.15) is 24.0 Å². The summed E-state index contributed by atoms with van der Waals surface area (Å²) in [6.45, 7) is 3.19. The van der Waals surface area contributed by atoms with Gasteiger partial charge in [-0.15, -0.1) is 0 Å². The van der Waals surface area contributed by atoms with Crippen molar-refractivity contribution in [1.82, 2.24) is 14.9 Å². The second kappa shape index (κ2) is 8.08. The van der Waals surface area contributed by atoms with Crippen LogP contribution in [0, 0.1) is 23.0 Å². The van der Waals surface area contributed by atoms with Gasteiger partial charge in [-0.2, -0.15) is 5.26 Å². The fraction of sp³-hybridized carbons (Fsp3) is 0.348. The molecule has 1 aromatic heterocycles. The molecule has 0 unspecified atom stereocenters. The van der Waals surface area contributed by atoms with E-state index >= 15 is 0 Å². The second-order valence-electron chi connectivity index (χ2n) is 8.13. The van der Waals surface area contributed by atoms with Crippen LogP contribution >= 0.6 is 0 Å². The lowest BCUT2D eigenvalue weighted by Crippen LogP contribution is -2.46. The van der Waals surface area contributed by atoms with E-state index in [1.165, 1.54) is 12.1 Å². The lowest BCUT2D eigenvalue weighted by molar-refractivity contribution is 0.246. The maximum absolute atomic E-state index is 14.0. The summed E-state index contributed by atoms with van der Waals surface area (Å²) in [7, 11) is 0. The fourth-order valence-corrected chi connectivity index (χ4v) is 3.88. The number of aromatic nitrogens is 2. The monoisotopic (exact) mass is 420 g/mol. The normalized spacial score (nSPS) is 17.0. The molecule has 1 aliphatic heterocycles. The number of fused-ring (bicyclic) bond motifs is 1. The molecule has 3 aromatic rings. The zero-order chi connectivity index (χ0) is 21.4. The minimum absolute atomic E-state index is 0.374. The Morgan fingerprint density at radius 2 is 1.81 bits per heavy atom. The fourth-order valence-electron chi connectivity index (χ4n) is 3.88. The summed E-state index contributed by atoms with van der Waals surface area (Å²) in [5, 5.41) is 12.7. The van der Waals surface area contributed by atoms with Gasteiger partial charge >= 0.3 is 0 Å². The lowest BCUT2D eigenvalue weighted by Gasteiger charge is -2.36. The summed E-state index contributed by atoms with van der Waals surface area (Å²) in [5.74, 6) is 0.748. The molecule has 1 N–H and O–H groups in total. The van der Waals surface area contributed by atoms with Gasteiger partial charge in [0.1, 0.15) is 11.6 Å². The van der Waals surface area contributed by atoms with E-state index in [1.54, 1.807) is 12.1 Å². The summed E-state index contributed by atoms with van der Waals surface area (Å²) in [6, 6.07) is 11.5. The Bertz CT molecular complexity index is 1160. The Morgan fingerprint density at radius 3 is 2.55 bits per heavy atom. The zero-order valence-electron chi connectivity index (χ0n) is 17.0. The number of rotatable bonds is 5. The van der Waals surface area contributed by atoms with Crippen LogP contribution in [0.2, 0.25) is 0 Å². The lowest BCUT2D eigenvalue weighted by atomic mass is 10.1. The molecule has 5 rings (SSSR count). The number of hydrogen-bond donors (Lipinski definition) is 1. The molecular formula is C23H22F2N6. The molecule has 0 atom stereocenters. The molecule has 0 amide bonds. The van der Waals surface area contributed by atoms with Gasteiger partial charge < -0.3 is 10.2 Å². The van der Waals surface area contributed by atoms with Crippen molar-refractivity contribution in [2.75, 3.05) is 36.4 Å². The molecule has 2 heterocycles. The first-order valence-electron chi connectivity index (χ1n) is 10.5. The largest absolute Gasteiger partial charge is 0.364 e. The Kier molecular flexibility index (Phi) is 5.12. The third-order valence-corrected chi connectivity index (χ3v) is 5.77. The van der Waals surface area contributed by atoms with Gasteiger partial charge in [0.25, 0.3) is 0 Å². The third kappa shape index (κ3) is 4.28. The van der Waals surface area contributed by atoms with Crippen LogP contribution in [-0.2, 0) is 6.54 Å². The molecule has 1 aliphatic carbocycles. The number of piperazine rings is 1. The summed E-state index contributed by atoms with van der Waals surface area (Å²) < 4.78 is 27.5. The van der Waals surface area contributed by atoms with E-state index in [0.717, 1.165) is 36.1 Å². The van der Waals surface area contributed by atoms with Gasteiger partial charge in [-0.1, -0.05) is 0 Å². The van der Waals surface area contributed by atoms with Crippen molar-refractivity contribution >= 4 is 22.7 Å². The van der Waals surface area contributed by atoms with Crippen LogP contribution < -0.4 is 10.2 Å². The highest BCUT2D eigenvalue weighted by molar-refractivity contribution is 5.82. The van der Waals surface area contributed by atoms with Gasteiger partial charge in [0.2, 0.25) is 0 Å².